The lowest BCUT2D eigenvalue weighted by atomic mass is 9.90. The maximum Gasteiger partial charge on any atom is 0.139 e. The Morgan fingerprint density at radius 1 is 0.963 bits per heavy atom. The molecule has 0 amide bonds. The van der Waals surface area contributed by atoms with Crippen molar-refractivity contribution in [1.29, 1.82) is 0 Å². The third-order valence-corrected chi connectivity index (χ3v) is 5.85. The number of hydrogen-bond acceptors (Lipinski definition) is 5. The first-order valence-corrected chi connectivity index (χ1v) is 9.73. The monoisotopic (exact) mass is 361 g/mol. The van der Waals surface area contributed by atoms with Crippen LogP contribution in [0, 0.1) is 6.92 Å². The Morgan fingerprint density at radius 2 is 1.74 bits per heavy atom. The summed E-state index contributed by atoms with van der Waals surface area (Å²) in [7, 11) is 4.24. The third kappa shape index (κ3) is 3.65. The van der Waals surface area contributed by atoms with Gasteiger partial charge in [-0.3, -0.25) is 4.98 Å². The second-order valence-corrected chi connectivity index (χ2v) is 7.52. The third-order valence-electron chi connectivity index (χ3n) is 5.85. The van der Waals surface area contributed by atoms with E-state index in [2.05, 4.69) is 63.5 Å². The Hall–Kier alpha value is -2.53. The lowest BCUT2D eigenvalue weighted by Crippen LogP contribution is -2.40. The van der Waals surface area contributed by atoms with Crippen LogP contribution in [0.2, 0.25) is 0 Å². The number of hydrogen-bond donors (Lipinski definition) is 1. The van der Waals surface area contributed by atoms with Gasteiger partial charge in [-0.25, -0.2) is 9.97 Å². The minimum absolute atomic E-state index is 0.525. The molecule has 0 spiro atoms. The van der Waals surface area contributed by atoms with Crippen LogP contribution in [-0.2, 0) is 0 Å². The molecule has 4 rings (SSSR count). The Morgan fingerprint density at radius 3 is 2.44 bits per heavy atom. The van der Waals surface area contributed by atoms with Crippen molar-refractivity contribution in [2.75, 3.05) is 19.0 Å². The largest absolute Gasteiger partial charge is 0.356 e. The van der Waals surface area contributed by atoms with E-state index in [0.29, 0.717) is 12.1 Å². The minimum atomic E-state index is 0.525. The normalized spacial score (nSPS) is 20.0. The summed E-state index contributed by atoms with van der Waals surface area (Å²) < 4.78 is 0. The number of nitrogens with one attached hydrogen (secondary N) is 1. The first kappa shape index (κ1) is 17.9. The van der Waals surface area contributed by atoms with Gasteiger partial charge in [-0.05, 0) is 63.4 Å². The average Bonchev–Trinajstić information content (AvgIpc) is 2.73. The van der Waals surface area contributed by atoms with Gasteiger partial charge >= 0.3 is 0 Å². The number of rotatable bonds is 4. The molecule has 140 valence electrons. The first-order valence-electron chi connectivity index (χ1n) is 9.73. The Kier molecular flexibility index (Phi) is 5.03. The number of nitrogens with zero attached hydrogens (tertiary/aromatic N) is 4. The molecule has 1 aliphatic rings. The van der Waals surface area contributed by atoms with Crippen molar-refractivity contribution >= 4 is 16.7 Å². The van der Waals surface area contributed by atoms with E-state index in [1.54, 1.807) is 6.33 Å². The molecule has 1 N–H and O–H groups in total. The summed E-state index contributed by atoms with van der Waals surface area (Å²) >= 11 is 0. The molecule has 5 heteroatoms. The van der Waals surface area contributed by atoms with Crippen molar-refractivity contribution in [3.63, 3.8) is 0 Å². The van der Waals surface area contributed by atoms with E-state index in [1.165, 1.54) is 25.7 Å². The van der Waals surface area contributed by atoms with Crippen LogP contribution in [0.5, 0.6) is 0 Å². The Labute approximate surface area is 160 Å². The van der Waals surface area contributed by atoms with Gasteiger partial charge < -0.3 is 10.2 Å². The topological polar surface area (TPSA) is 53.9 Å². The quantitative estimate of drug-likeness (QED) is 0.762. The standard InChI is InChI=1S/C22H27N5/c1-15-4-5-17(13-24-15)16-6-11-21-20(12-16)22(26-14-25-21)27(3)19-9-7-18(23-2)8-10-19/h4-6,11-14,18-19,23H,7-10H2,1-3H3. The van der Waals surface area contributed by atoms with Crippen LogP contribution in [-0.4, -0.2) is 41.1 Å². The molecule has 0 bridgehead atoms. The van der Waals surface area contributed by atoms with Crippen LogP contribution >= 0.6 is 0 Å². The van der Waals surface area contributed by atoms with Gasteiger partial charge in [0.1, 0.15) is 12.1 Å². The second kappa shape index (κ2) is 7.61. The van der Waals surface area contributed by atoms with E-state index < -0.39 is 0 Å². The SMILES string of the molecule is CNC1CCC(N(C)c2ncnc3ccc(-c4ccc(C)nc4)cc23)CC1. The molecule has 0 unspecified atom stereocenters. The molecule has 2 aromatic heterocycles. The van der Waals surface area contributed by atoms with Gasteiger partial charge in [0.2, 0.25) is 0 Å². The summed E-state index contributed by atoms with van der Waals surface area (Å²) in [6.45, 7) is 2.01. The number of fused-ring (bicyclic) bond motifs is 1. The zero-order valence-corrected chi connectivity index (χ0v) is 16.3. The van der Waals surface area contributed by atoms with Crippen molar-refractivity contribution in [1.82, 2.24) is 20.3 Å². The molecule has 0 atom stereocenters. The molecule has 27 heavy (non-hydrogen) atoms. The van der Waals surface area contributed by atoms with E-state index >= 15 is 0 Å². The minimum Gasteiger partial charge on any atom is -0.356 e. The molecule has 1 aliphatic carbocycles. The van der Waals surface area contributed by atoms with Crippen LogP contribution in [0.25, 0.3) is 22.0 Å². The van der Waals surface area contributed by atoms with Crippen LogP contribution in [0.3, 0.4) is 0 Å². The fourth-order valence-corrected chi connectivity index (χ4v) is 4.07. The number of aromatic nitrogens is 3. The summed E-state index contributed by atoms with van der Waals surface area (Å²) in [5, 5.41) is 4.52. The summed E-state index contributed by atoms with van der Waals surface area (Å²) in [6, 6.07) is 11.7. The lowest BCUT2D eigenvalue weighted by molar-refractivity contribution is 0.351. The smallest absolute Gasteiger partial charge is 0.139 e. The predicted octanol–water partition coefficient (Wildman–Crippen LogP) is 3.97. The first-order chi connectivity index (χ1) is 13.2. The van der Waals surface area contributed by atoms with Crippen LogP contribution in [0.1, 0.15) is 31.4 Å². The number of benzene rings is 1. The highest BCUT2D eigenvalue weighted by Crippen LogP contribution is 2.31. The average molecular weight is 361 g/mol. The van der Waals surface area contributed by atoms with Gasteiger partial charge in [-0.15, -0.1) is 0 Å². The number of pyridine rings is 1. The van der Waals surface area contributed by atoms with Crippen molar-refractivity contribution in [3.8, 4) is 11.1 Å². The van der Waals surface area contributed by atoms with Gasteiger partial charge in [-0.2, -0.15) is 0 Å². The molecular formula is C22H27N5. The Bertz CT molecular complexity index is 914. The molecule has 0 aliphatic heterocycles. The van der Waals surface area contributed by atoms with E-state index in [9.17, 15) is 0 Å². The highest BCUT2D eigenvalue weighted by Gasteiger charge is 2.25. The molecule has 3 aromatic rings. The molecule has 2 heterocycles. The molecule has 5 nitrogen and oxygen atoms in total. The van der Waals surface area contributed by atoms with E-state index in [1.807, 2.05) is 19.2 Å². The second-order valence-electron chi connectivity index (χ2n) is 7.52. The van der Waals surface area contributed by atoms with Crippen LogP contribution < -0.4 is 10.2 Å². The number of aryl methyl sites for hydroxylation is 1. The molecule has 0 radical (unpaired) electrons. The van der Waals surface area contributed by atoms with Crippen molar-refractivity contribution in [2.45, 2.75) is 44.7 Å². The maximum atomic E-state index is 4.65. The predicted molar refractivity (Wildman–Crippen MR) is 111 cm³/mol. The van der Waals surface area contributed by atoms with Crippen molar-refractivity contribution in [2.24, 2.45) is 0 Å². The van der Waals surface area contributed by atoms with Crippen molar-refractivity contribution in [3.05, 3.63) is 48.5 Å². The van der Waals surface area contributed by atoms with Crippen LogP contribution in [0.4, 0.5) is 5.82 Å². The van der Waals surface area contributed by atoms with E-state index in [0.717, 1.165) is 33.5 Å². The fraction of sp³-hybridized carbons (Fsp3) is 0.409. The van der Waals surface area contributed by atoms with Gasteiger partial charge in [-0.1, -0.05) is 12.1 Å². The molecule has 1 saturated carbocycles. The van der Waals surface area contributed by atoms with Gasteiger partial charge in [0.15, 0.2) is 0 Å². The summed E-state index contributed by atoms with van der Waals surface area (Å²) in [4.78, 5) is 15.9. The van der Waals surface area contributed by atoms with Gasteiger partial charge in [0.05, 0.1) is 5.52 Å². The van der Waals surface area contributed by atoms with E-state index in [-0.39, 0.29) is 0 Å². The zero-order valence-electron chi connectivity index (χ0n) is 16.3. The molecule has 0 saturated heterocycles. The lowest BCUT2D eigenvalue weighted by Gasteiger charge is -2.35. The molecule has 1 aromatic carbocycles. The summed E-state index contributed by atoms with van der Waals surface area (Å²) in [6.07, 6.45) is 8.43. The Balaban J connectivity index is 1.68. The van der Waals surface area contributed by atoms with Gasteiger partial charge in [0, 0.05) is 42.0 Å². The maximum absolute atomic E-state index is 4.65. The molecular weight excluding hydrogens is 334 g/mol. The fourth-order valence-electron chi connectivity index (χ4n) is 4.07. The molecule has 1 fully saturated rings. The van der Waals surface area contributed by atoms with Crippen molar-refractivity contribution < 1.29 is 0 Å². The highest BCUT2D eigenvalue weighted by molar-refractivity contribution is 5.92. The number of anilines is 1. The summed E-state index contributed by atoms with van der Waals surface area (Å²) in [5.74, 6) is 1.02. The summed E-state index contributed by atoms with van der Waals surface area (Å²) in [5.41, 5.74) is 4.29. The van der Waals surface area contributed by atoms with Crippen LogP contribution in [0.15, 0.2) is 42.9 Å². The highest BCUT2D eigenvalue weighted by atomic mass is 15.2. The van der Waals surface area contributed by atoms with E-state index in [4.69, 9.17) is 0 Å². The van der Waals surface area contributed by atoms with Gasteiger partial charge in [0.25, 0.3) is 0 Å². The zero-order chi connectivity index (χ0) is 18.8.